The van der Waals surface area contributed by atoms with Crippen LogP contribution in [0.2, 0.25) is 0 Å². The molecule has 2 heterocycles. The first-order valence-corrected chi connectivity index (χ1v) is 16.6. The fraction of sp³-hybridized carbons (Fsp3) is 0. The third-order valence-corrected chi connectivity index (χ3v) is 11.6. The van der Waals surface area contributed by atoms with Gasteiger partial charge in [0.25, 0.3) is 0 Å². The van der Waals surface area contributed by atoms with Gasteiger partial charge in [0.1, 0.15) is 11.2 Å². The molecule has 45 heavy (non-hydrogen) atoms. The molecule has 1 aliphatic rings. The zero-order valence-electron chi connectivity index (χ0n) is 24.0. The van der Waals surface area contributed by atoms with Gasteiger partial charge < -0.3 is 18.5 Å². The Morgan fingerprint density at radius 1 is 0.400 bits per heavy atom. The van der Waals surface area contributed by atoms with E-state index >= 15 is 0 Å². The average Bonchev–Trinajstić information content (AvgIpc) is 3.47. The van der Waals surface area contributed by atoms with Gasteiger partial charge in [0, 0.05) is 26.7 Å². The fourth-order valence-electron chi connectivity index (χ4n) is 6.31. The van der Waals surface area contributed by atoms with E-state index in [9.17, 15) is 4.57 Å². The van der Waals surface area contributed by atoms with E-state index in [0.717, 1.165) is 54.2 Å². The van der Waals surface area contributed by atoms with Crippen LogP contribution in [0, 0.1) is 0 Å². The summed E-state index contributed by atoms with van der Waals surface area (Å²) >= 11 is 0. The first-order chi connectivity index (χ1) is 22.1. The molecule has 0 saturated heterocycles. The zero-order valence-corrected chi connectivity index (χ0v) is 24.9. The standard InChI is InChI=1S/C40H25O4P/c41-45(30-11-3-1-4-12-30,31-13-5-2-6-14-31)32-17-19-34-33-18-15-28(21-36(33)43-37(34)25-32)29-16-20-35-38(24-29)44-40-23-27-10-8-7-9-26(27)22-39(40)42-35/h1-25H. The van der Waals surface area contributed by atoms with E-state index in [4.69, 9.17) is 13.9 Å². The van der Waals surface area contributed by atoms with Crippen LogP contribution < -0.4 is 25.4 Å². The van der Waals surface area contributed by atoms with Crippen molar-refractivity contribution >= 4 is 55.8 Å². The number of hydrogen-bond donors (Lipinski definition) is 0. The first-order valence-electron chi connectivity index (χ1n) is 14.8. The van der Waals surface area contributed by atoms with Gasteiger partial charge in [-0.3, -0.25) is 0 Å². The minimum absolute atomic E-state index is 0.669. The molecule has 0 atom stereocenters. The Morgan fingerprint density at radius 2 is 0.911 bits per heavy atom. The molecule has 8 aromatic rings. The molecule has 4 nitrogen and oxygen atoms in total. The minimum Gasteiger partial charge on any atom is -0.456 e. The third kappa shape index (κ3) is 4.18. The smallest absolute Gasteiger partial charge is 0.171 e. The van der Waals surface area contributed by atoms with Crippen molar-refractivity contribution < 1.29 is 18.5 Å². The number of benzene rings is 7. The van der Waals surface area contributed by atoms with Crippen LogP contribution in [0.4, 0.5) is 0 Å². The molecule has 0 N–H and O–H groups in total. The summed E-state index contributed by atoms with van der Waals surface area (Å²) in [7, 11) is -3.12. The van der Waals surface area contributed by atoms with Crippen LogP contribution in [0.3, 0.4) is 0 Å². The summed E-state index contributed by atoms with van der Waals surface area (Å²) in [5.74, 6) is 2.76. The van der Waals surface area contributed by atoms with Gasteiger partial charge in [-0.05, 0) is 76.5 Å². The number of fused-ring (bicyclic) bond motifs is 6. The largest absolute Gasteiger partial charge is 0.456 e. The predicted molar refractivity (Wildman–Crippen MR) is 183 cm³/mol. The van der Waals surface area contributed by atoms with Crippen molar-refractivity contribution in [3.63, 3.8) is 0 Å². The lowest BCUT2D eigenvalue weighted by Gasteiger charge is -2.21. The lowest BCUT2D eigenvalue weighted by Crippen LogP contribution is -2.24. The lowest BCUT2D eigenvalue weighted by atomic mass is 10.0. The number of ether oxygens (including phenoxy) is 2. The van der Waals surface area contributed by atoms with Crippen molar-refractivity contribution in [2.75, 3.05) is 0 Å². The van der Waals surface area contributed by atoms with Crippen LogP contribution in [-0.2, 0) is 4.57 Å². The number of rotatable bonds is 4. The molecule has 0 bridgehead atoms. The molecule has 1 aromatic heterocycles. The van der Waals surface area contributed by atoms with Crippen molar-refractivity contribution in [3.8, 4) is 34.1 Å². The normalized spacial score (nSPS) is 12.4. The molecular weight excluding hydrogens is 575 g/mol. The molecule has 1 aliphatic heterocycles. The third-order valence-electron chi connectivity index (χ3n) is 8.59. The van der Waals surface area contributed by atoms with Gasteiger partial charge in [-0.1, -0.05) is 97.1 Å². The Kier molecular flexibility index (Phi) is 5.74. The quantitative estimate of drug-likeness (QED) is 0.189. The molecule has 0 saturated carbocycles. The van der Waals surface area contributed by atoms with E-state index in [1.54, 1.807) is 0 Å². The monoisotopic (exact) mass is 600 g/mol. The molecule has 0 fully saturated rings. The summed E-state index contributed by atoms with van der Waals surface area (Å²) < 4.78 is 33.9. The van der Waals surface area contributed by atoms with Gasteiger partial charge in [0.05, 0.1) is 0 Å². The first kappa shape index (κ1) is 25.9. The second-order valence-corrected chi connectivity index (χ2v) is 14.1. The van der Waals surface area contributed by atoms with Crippen molar-refractivity contribution in [1.82, 2.24) is 0 Å². The Hall–Kier alpha value is -5.57. The second kappa shape index (κ2) is 9.99. The van der Waals surface area contributed by atoms with Crippen molar-refractivity contribution in [3.05, 3.63) is 152 Å². The maximum atomic E-state index is 14.9. The molecule has 214 valence electrons. The van der Waals surface area contributed by atoms with Crippen LogP contribution in [-0.4, -0.2) is 0 Å². The van der Waals surface area contributed by atoms with Crippen LogP contribution >= 0.6 is 7.14 Å². The Bertz CT molecular complexity index is 2420. The average molecular weight is 601 g/mol. The summed E-state index contributed by atoms with van der Waals surface area (Å²) in [6, 6.07) is 49.8. The van der Waals surface area contributed by atoms with Crippen molar-refractivity contribution in [2.45, 2.75) is 0 Å². The van der Waals surface area contributed by atoms with Gasteiger partial charge in [0.2, 0.25) is 0 Å². The Morgan fingerprint density at radius 3 is 1.58 bits per heavy atom. The van der Waals surface area contributed by atoms with Crippen molar-refractivity contribution in [2.24, 2.45) is 0 Å². The van der Waals surface area contributed by atoms with Gasteiger partial charge >= 0.3 is 0 Å². The SMILES string of the molecule is O=P(c1ccccc1)(c1ccccc1)c1ccc2c(c1)oc1cc(-c3ccc4c(c3)Oc3cc5ccccc5cc3O4)ccc12. The zero-order chi connectivity index (χ0) is 30.0. The maximum Gasteiger partial charge on any atom is 0.171 e. The molecule has 0 aliphatic carbocycles. The molecular formula is C40H25O4P. The summed E-state index contributed by atoms with van der Waals surface area (Å²) in [5, 5.41) is 6.53. The van der Waals surface area contributed by atoms with Crippen LogP contribution in [0.5, 0.6) is 23.0 Å². The number of hydrogen-bond acceptors (Lipinski definition) is 4. The highest BCUT2D eigenvalue weighted by molar-refractivity contribution is 7.85. The van der Waals surface area contributed by atoms with Gasteiger partial charge in [-0.2, -0.15) is 0 Å². The highest BCUT2D eigenvalue weighted by Gasteiger charge is 2.30. The number of furan rings is 1. The molecule has 7 aromatic carbocycles. The van der Waals surface area contributed by atoms with E-state index in [2.05, 4.69) is 30.3 Å². The van der Waals surface area contributed by atoms with E-state index in [-0.39, 0.29) is 0 Å². The summed E-state index contributed by atoms with van der Waals surface area (Å²) in [4.78, 5) is 0. The topological polar surface area (TPSA) is 48.7 Å². The molecule has 0 amide bonds. The summed E-state index contributed by atoms with van der Waals surface area (Å²) in [6.45, 7) is 0. The minimum atomic E-state index is -3.12. The van der Waals surface area contributed by atoms with Crippen LogP contribution in [0.1, 0.15) is 0 Å². The molecule has 0 radical (unpaired) electrons. The van der Waals surface area contributed by atoms with E-state index in [1.807, 2.05) is 121 Å². The maximum absolute atomic E-state index is 14.9. The molecule has 0 spiro atoms. The molecule has 9 rings (SSSR count). The van der Waals surface area contributed by atoms with E-state index in [1.165, 1.54) is 0 Å². The molecule has 5 heteroatoms. The summed E-state index contributed by atoms with van der Waals surface area (Å²) in [6.07, 6.45) is 0. The highest BCUT2D eigenvalue weighted by atomic mass is 31.2. The lowest BCUT2D eigenvalue weighted by molar-refractivity contribution is 0.360. The van der Waals surface area contributed by atoms with Crippen molar-refractivity contribution in [1.29, 1.82) is 0 Å². The van der Waals surface area contributed by atoms with Crippen LogP contribution in [0.15, 0.2) is 156 Å². The fourth-order valence-corrected chi connectivity index (χ4v) is 8.97. The Labute approximate surface area is 259 Å². The van der Waals surface area contributed by atoms with E-state index in [0.29, 0.717) is 28.6 Å². The molecule has 0 unspecified atom stereocenters. The van der Waals surface area contributed by atoms with Gasteiger partial charge in [0.15, 0.2) is 30.1 Å². The van der Waals surface area contributed by atoms with Gasteiger partial charge in [-0.25, -0.2) is 0 Å². The van der Waals surface area contributed by atoms with E-state index < -0.39 is 7.14 Å². The van der Waals surface area contributed by atoms with Gasteiger partial charge in [-0.15, -0.1) is 0 Å². The highest BCUT2D eigenvalue weighted by Crippen LogP contribution is 2.48. The Balaban J connectivity index is 1.10. The second-order valence-electron chi connectivity index (χ2n) is 11.3. The predicted octanol–water partition coefficient (Wildman–Crippen LogP) is 9.94. The van der Waals surface area contributed by atoms with Crippen LogP contribution in [0.25, 0.3) is 43.8 Å². The summed E-state index contributed by atoms with van der Waals surface area (Å²) in [5.41, 5.74) is 3.46.